The largest absolute Gasteiger partial charge is 0.370 e. The molecule has 2 rings (SSSR count). The lowest BCUT2D eigenvalue weighted by Gasteiger charge is -2.19. The highest BCUT2D eigenvalue weighted by molar-refractivity contribution is 5.74. The SMILES string of the molecule is NC(=O)CC1C[C@@H]2CC[C@H]1C2. The lowest BCUT2D eigenvalue weighted by atomic mass is 9.86. The highest BCUT2D eigenvalue weighted by Gasteiger charge is 2.39. The summed E-state index contributed by atoms with van der Waals surface area (Å²) in [7, 11) is 0. The van der Waals surface area contributed by atoms with Gasteiger partial charge in [0.05, 0.1) is 0 Å². The van der Waals surface area contributed by atoms with Gasteiger partial charge >= 0.3 is 0 Å². The predicted molar refractivity (Wildman–Crippen MR) is 42.7 cm³/mol. The van der Waals surface area contributed by atoms with Crippen LogP contribution in [-0.4, -0.2) is 5.91 Å². The van der Waals surface area contributed by atoms with E-state index in [0.29, 0.717) is 12.3 Å². The zero-order valence-corrected chi connectivity index (χ0v) is 6.75. The summed E-state index contributed by atoms with van der Waals surface area (Å²) in [6, 6.07) is 0. The number of carbonyl (C=O) groups excluding carboxylic acids is 1. The molecule has 0 spiro atoms. The van der Waals surface area contributed by atoms with Gasteiger partial charge in [0.25, 0.3) is 0 Å². The molecule has 2 N–H and O–H groups in total. The molecule has 62 valence electrons. The normalized spacial score (nSPS) is 41.3. The van der Waals surface area contributed by atoms with Crippen LogP contribution in [0.3, 0.4) is 0 Å². The molecule has 0 saturated heterocycles. The van der Waals surface area contributed by atoms with E-state index in [-0.39, 0.29) is 5.91 Å². The summed E-state index contributed by atoms with van der Waals surface area (Å²) < 4.78 is 0. The van der Waals surface area contributed by atoms with Crippen molar-refractivity contribution in [1.29, 1.82) is 0 Å². The number of hydrogen-bond acceptors (Lipinski definition) is 1. The maximum atomic E-state index is 10.7. The van der Waals surface area contributed by atoms with Crippen molar-refractivity contribution in [2.75, 3.05) is 0 Å². The van der Waals surface area contributed by atoms with E-state index in [4.69, 9.17) is 5.73 Å². The summed E-state index contributed by atoms with van der Waals surface area (Å²) >= 11 is 0. The highest BCUT2D eigenvalue weighted by Crippen LogP contribution is 2.49. The van der Waals surface area contributed by atoms with Gasteiger partial charge in [-0.1, -0.05) is 6.42 Å². The second-order valence-electron chi connectivity index (χ2n) is 4.11. The Morgan fingerprint density at radius 1 is 1.36 bits per heavy atom. The first-order valence-electron chi connectivity index (χ1n) is 4.54. The lowest BCUT2D eigenvalue weighted by Crippen LogP contribution is -2.20. The fourth-order valence-electron chi connectivity index (χ4n) is 2.88. The number of fused-ring (bicyclic) bond motifs is 2. The van der Waals surface area contributed by atoms with Gasteiger partial charge in [0, 0.05) is 6.42 Å². The Labute approximate surface area is 67.1 Å². The van der Waals surface area contributed by atoms with Crippen LogP contribution in [0.4, 0.5) is 0 Å². The second-order valence-corrected chi connectivity index (χ2v) is 4.11. The summed E-state index contributed by atoms with van der Waals surface area (Å²) in [6.45, 7) is 0. The van der Waals surface area contributed by atoms with E-state index in [1.807, 2.05) is 0 Å². The molecule has 2 heteroatoms. The van der Waals surface area contributed by atoms with Crippen molar-refractivity contribution in [2.24, 2.45) is 23.5 Å². The average molecular weight is 153 g/mol. The van der Waals surface area contributed by atoms with E-state index < -0.39 is 0 Å². The molecule has 1 amide bonds. The number of carbonyl (C=O) groups is 1. The van der Waals surface area contributed by atoms with E-state index in [1.54, 1.807) is 0 Å². The molecule has 2 aliphatic carbocycles. The molecule has 0 aromatic carbocycles. The monoisotopic (exact) mass is 153 g/mol. The van der Waals surface area contributed by atoms with E-state index in [9.17, 15) is 4.79 Å². The molecule has 0 radical (unpaired) electrons. The molecule has 0 aromatic rings. The molecule has 2 aliphatic rings. The summed E-state index contributed by atoms with van der Waals surface area (Å²) in [6.07, 6.45) is 6.04. The zero-order chi connectivity index (χ0) is 7.84. The van der Waals surface area contributed by atoms with Crippen molar-refractivity contribution < 1.29 is 4.79 Å². The topological polar surface area (TPSA) is 43.1 Å². The van der Waals surface area contributed by atoms with Gasteiger partial charge in [0.2, 0.25) is 5.91 Å². The third-order valence-corrected chi connectivity index (χ3v) is 3.35. The van der Waals surface area contributed by atoms with Crippen LogP contribution in [0, 0.1) is 17.8 Å². The van der Waals surface area contributed by atoms with Crippen LogP contribution in [0.5, 0.6) is 0 Å². The van der Waals surface area contributed by atoms with Crippen LogP contribution in [0.2, 0.25) is 0 Å². The Morgan fingerprint density at radius 3 is 2.64 bits per heavy atom. The summed E-state index contributed by atoms with van der Waals surface area (Å²) in [5.41, 5.74) is 5.17. The molecule has 2 bridgehead atoms. The van der Waals surface area contributed by atoms with Crippen molar-refractivity contribution in [1.82, 2.24) is 0 Å². The van der Waals surface area contributed by atoms with Crippen LogP contribution in [0.1, 0.15) is 32.1 Å². The average Bonchev–Trinajstić information content (AvgIpc) is 2.45. The number of hydrogen-bond donors (Lipinski definition) is 1. The lowest BCUT2D eigenvalue weighted by molar-refractivity contribution is -0.119. The minimum absolute atomic E-state index is 0.109. The van der Waals surface area contributed by atoms with Crippen LogP contribution in [0.15, 0.2) is 0 Å². The van der Waals surface area contributed by atoms with Crippen LogP contribution >= 0.6 is 0 Å². The molecule has 0 heterocycles. The molecular formula is C9H15NO. The highest BCUT2D eigenvalue weighted by atomic mass is 16.1. The quantitative estimate of drug-likeness (QED) is 0.638. The molecule has 2 nitrogen and oxygen atoms in total. The van der Waals surface area contributed by atoms with E-state index in [2.05, 4.69) is 0 Å². The minimum Gasteiger partial charge on any atom is -0.370 e. The number of amides is 1. The smallest absolute Gasteiger partial charge is 0.217 e. The Bertz CT molecular complexity index is 178. The van der Waals surface area contributed by atoms with Crippen LogP contribution < -0.4 is 5.73 Å². The molecule has 1 unspecified atom stereocenters. The molecule has 11 heavy (non-hydrogen) atoms. The summed E-state index contributed by atoms with van der Waals surface area (Å²) in [5.74, 6) is 2.31. The number of nitrogens with two attached hydrogens (primary N) is 1. The third-order valence-electron chi connectivity index (χ3n) is 3.35. The first kappa shape index (κ1) is 7.14. The zero-order valence-electron chi connectivity index (χ0n) is 6.75. The Morgan fingerprint density at radius 2 is 2.18 bits per heavy atom. The molecule has 0 aromatic heterocycles. The van der Waals surface area contributed by atoms with Gasteiger partial charge in [0.1, 0.15) is 0 Å². The standard InChI is InChI=1S/C9H15NO/c10-9(11)5-8-4-6-1-2-7(8)3-6/h6-8H,1-5H2,(H2,10,11)/t6-,7+,8?/m1/s1. The van der Waals surface area contributed by atoms with Gasteiger partial charge < -0.3 is 5.73 Å². The van der Waals surface area contributed by atoms with Crippen molar-refractivity contribution in [3.05, 3.63) is 0 Å². The summed E-state index contributed by atoms with van der Waals surface area (Å²) in [4.78, 5) is 10.7. The predicted octanol–water partition coefficient (Wildman–Crippen LogP) is 1.30. The molecule has 2 fully saturated rings. The van der Waals surface area contributed by atoms with Gasteiger partial charge in [-0.2, -0.15) is 0 Å². The minimum atomic E-state index is -0.109. The first-order valence-corrected chi connectivity index (χ1v) is 4.54. The van der Waals surface area contributed by atoms with Crippen LogP contribution in [-0.2, 0) is 4.79 Å². The number of rotatable bonds is 2. The fourth-order valence-corrected chi connectivity index (χ4v) is 2.88. The molecule has 0 aliphatic heterocycles. The molecular weight excluding hydrogens is 138 g/mol. The van der Waals surface area contributed by atoms with Gasteiger partial charge in [-0.3, -0.25) is 4.79 Å². The summed E-state index contributed by atoms with van der Waals surface area (Å²) in [5, 5.41) is 0. The van der Waals surface area contributed by atoms with Gasteiger partial charge in [-0.25, -0.2) is 0 Å². The van der Waals surface area contributed by atoms with Crippen molar-refractivity contribution in [3.8, 4) is 0 Å². The van der Waals surface area contributed by atoms with Gasteiger partial charge in [-0.05, 0) is 37.0 Å². The van der Waals surface area contributed by atoms with Crippen molar-refractivity contribution >= 4 is 5.91 Å². The van der Waals surface area contributed by atoms with Crippen molar-refractivity contribution in [2.45, 2.75) is 32.1 Å². The fraction of sp³-hybridized carbons (Fsp3) is 0.889. The van der Waals surface area contributed by atoms with Gasteiger partial charge in [-0.15, -0.1) is 0 Å². The third kappa shape index (κ3) is 1.26. The Hall–Kier alpha value is -0.530. The molecule has 2 saturated carbocycles. The number of primary amides is 1. The maximum Gasteiger partial charge on any atom is 0.217 e. The van der Waals surface area contributed by atoms with Crippen molar-refractivity contribution in [3.63, 3.8) is 0 Å². The van der Waals surface area contributed by atoms with E-state index in [1.165, 1.54) is 25.7 Å². The Kier molecular flexibility index (Phi) is 1.63. The van der Waals surface area contributed by atoms with Crippen LogP contribution in [0.25, 0.3) is 0 Å². The van der Waals surface area contributed by atoms with E-state index in [0.717, 1.165) is 11.8 Å². The second kappa shape index (κ2) is 2.50. The first-order chi connectivity index (χ1) is 5.25. The van der Waals surface area contributed by atoms with Gasteiger partial charge in [0.15, 0.2) is 0 Å². The molecule has 3 atom stereocenters. The van der Waals surface area contributed by atoms with E-state index >= 15 is 0 Å². The Balaban J connectivity index is 1.92. The maximum absolute atomic E-state index is 10.7.